The highest BCUT2D eigenvalue weighted by molar-refractivity contribution is 5.94. The van der Waals surface area contributed by atoms with Gasteiger partial charge in [0.1, 0.15) is 17.3 Å². The summed E-state index contributed by atoms with van der Waals surface area (Å²) in [7, 11) is 0. The molecule has 2 N–H and O–H groups in total. The van der Waals surface area contributed by atoms with Gasteiger partial charge in [0.2, 0.25) is 0 Å². The van der Waals surface area contributed by atoms with Crippen LogP contribution in [0.3, 0.4) is 0 Å². The van der Waals surface area contributed by atoms with E-state index < -0.39 is 35.0 Å². The van der Waals surface area contributed by atoms with Gasteiger partial charge in [0.05, 0.1) is 6.61 Å². The van der Waals surface area contributed by atoms with E-state index in [4.69, 9.17) is 11.0 Å². The van der Waals surface area contributed by atoms with Gasteiger partial charge in [0.15, 0.2) is 11.4 Å². The lowest BCUT2D eigenvalue weighted by atomic mass is 10.2. The van der Waals surface area contributed by atoms with Gasteiger partial charge in [-0.25, -0.2) is 9.78 Å². The highest BCUT2D eigenvalue weighted by Crippen LogP contribution is 2.33. The Morgan fingerprint density at radius 1 is 1.58 bits per heavy atom. The highest BCUT2D eigenvalue weighted by Gasteiger charge is 2.34. The standard InChI is InChI=1S/C10H8F3N3O3/c1-2-18-9(17)7-6(15)8(19-10(11,12)13)5(3-14)4-16-7/h4H,2,15H2,1H3. The Hall–Kier alpha value is -2.50. The molecule has 6 nitrogen and oxygen atoms in total. The Morgan fingerprint density at radius 3 is 2.68 bits per heavy atom. The Bertz CT molecular complexity index is 537. The first kappa shape index (κ1) is 14.6. The average molecular weight is 275 g/mol. The number of nitrogens with zero attached hydrogens (tertiary/aromatic N) is 2. The minimum atomic E-state index is -5.05. The van der Waals surface area contributed by atoms with Crippen molar-refractivity contribution in [2.45, 2.75) is 13.3 Å². The number of hydrogen-bond acceptors (Lipinski definition) is 6. The van der Waals surface area contributed by atoms with Crippen LogP contribution in [-0.2, 0) is 4.74 Å². The zero-order chi connectivity index (χ0) is 14.6. The quantitative estimate of drug-likeness (QED) is 0.841. The summed E-state index contributed by atoms with van der Waals surface area (Å²) in [4.78, 5) is 14.9. The van der Waals surface area contributed by atoms with E-state index in [2.05, 4.69) is 14.5 Å². The van der Waals surface area contributed by atoms with E-state index in [9.17, 15) is 18.0 Å². The number of nitrogen functional groups attached to an aromatic ring is 1. The summed E-state index contributed by atoms with van der Waals surface area (Å²) in [6, 6.07) is 1.44. The molecule has 1 heterocycles. The van der Waals surface area contributed by atoms with Gasteiger partial charge in [-0.2, -0.15) is 5.26 Å². The van der Waals surface area contributed by atoms with Gasteiger partial charge in [0, 0.05) is 6.20 Å². The zero-order valence-electron chi connectivity index (χ0n) is 9.61. The second kappa shape index (κ2) is 5.43. The molecule has 0 radical (unpaired) electrons. The molecular formula is C10H8F3N3O3. The molecule has 1 aromatic rings. The molecule has 0 unspecified atom stereocenters. The maximum absolute atomic E-state index is 12.2. The van der Waals surface area contributed by atoms with Gasteiger partial charge in [-0.15, -0.1) is 13.2 Å². The summed E-state index contributed by atoms with van der Waals surface area (Å²) in [5, 5.41) is 8.66. The average Bonchev–Trinajstić information content (AvgIpc) is 2.30. The van der Waals surface area contributed by atoms with Crippen LogP contribution in [0.15, 0.2) is 6.20 Å². The number of aromatic nitrogens is 1. The summed E-state index contributed by atoms with van der Waals surface area (Å²) in [6.45, 7) is 1.50. The Morgan fingerprint density at radius 2 is 2.21 bits per heavy atom. The van der Waals surface area contributed by atoms with Crippen molar-refractivity contribution in [3.05, 3.63) is 17.5 Å². The fourth-order valence-electron chi connectivity index (χ4n) is 1.18. The third-order valence-electron chi connectivity index (χ3n) is 1.87. The van der Waals surface area contributed by atoms with Crippen LogP contribution < -0.4 is 10.5 Å². The lowest BCUT2D eigenvalue weighted by Crippen LogP contribution is -2.20. The van der Waals surface area contributed by atoms with Gasteiger partial charge in [-0.1, -0.05) is 0 Å². The fourth-order valence-corrected chi connectivity index (χ4v) is 1.18. The van der Waals surface area contributed by atoms with E-state index >= 15 is 0 Å². The third kappa shape index (κ3) is 3.48. The summed E-state index contributed by atoms with van der Waals surface area (Å²) in [5.74, 6) is -1.97. The van der Waals surface area contributed by atoms with E-state index in [-0.39, 0.29) is 6.61 Å². The molecular weight excluding hydrogens is 267 g/mol. The molecule has 0 aliphatic rings. The van der Waals surface area contributed by atoms with E-state index in [1.54, 1.807) is 0 Å². The number of carbonyl (C=O) groups is 1. The summed E-state index contributed by atoms with van der Waals surface area (Å²) in [5.41, 5.74) is 3.58. The molecule has 9 heteroatoms. The van der Waals surface area contributed by atoms with Gasteiger partial charge in [-0.05, 0) is 6.92 Å². The molecule has 0 atom stereocenters. The second-order valence-corrected chi connectivity index (χ2v) is 3.14. The van der Waals surface area contributed by atoms with Crippen LogP contribution >= 0.6 is 0 Å². The van der Waals surface area contributed by atoms with Crippen molar-refractivity contribution < 1.29 is 27.4 Å². The van der Waals surface area contributed by atoms with Gasteiger partial charge in [-0.3, -0.25) is 0 Å². The zero-order valence-corrected chi connectivity index (χ0v) is 9.61. The smallest absolute Gasteiger partial charge is 0.461 e. The molecule has 0 saturated carbocycles. The van der Waals surface area contributed by atoms with Crippen LogP contribution in [0.1, 0.15) is 23.0 Å². The van der Waals surface area contributed by atoms with E-state index in [0.29, 0.717) is 0 Å². The number of alkyl halides is 3. The van der Waals surface area contributed by atoms with Crippen molar-refractivity contribution in [1.29, 1.82) is 5.26 Å². The maximum Gasteiger partial charge on any atom is 0.573 e. The molecule has 0 aliphatic heterocycles. The number of rotatable bonds is 3. The molecule has 1 rings (SSSR count). The van der Waals surface area contributed by atoms with Crippen LogP contribution in [0, 0.1) is 11.3 Å². The van der Waals surface area contributed by atoms with Crippen molar-refractivity contribution in [2.24, 2.45) is 0 Å². The van der Waals surface area contributed by atoms with Crippen LogP contribution in [-0.4, -0.2) is 23.9 Å². The lowest BCUT2D eigenvalue weighted by Gasteiger charge is -2.13. The minimum Gasteiger partial charge on any atom is -0.461 e. The number of nitriles is 1. The number of esters is 1. The number of ether oxygens (including phenoxy) is 2. The highest BCUT2D eigenvalue weighted by atomic mass is 19.4. The van der Waals surface area contributed by atoms with E-state index in [0.717, 1.165) is 6.20 Å². The predicted octanol–water partition coefficient (Wildman–Crippen LogP) is 1.61. The first-order valence-electron chi connectivity index (χ1n) is 4.91. The maximum atomic E-state index is 12.2. The molecule has 0 aromatic carbocycles. The molecule has 0 amide bonds. The number of halogens is 3. The van der Waals surface area contributed by atoms with Crippen LogP contribution in [0.25, 0.3) is 0 Å². The van der Waals surface area contributed by atoms with Crippen molar-refractivity contribution in [2.75, 3.05) is 12.3 Å². The number of carbonyl (C=O) groups excluding carboxylic acids is 1. The molecule has 0 fully saturated rings. The second-order valence-electron chi connectivity index (χ2n) is 3.14. The number of anilines is 1. The molecule has 0 aliphatic carbocycles. The van der Waals surface area contributed by atoms with Crippen molar-refractivity contribution >= 4 is 11.7 Å². The fraction of sp³-hybridized carbons (Fsp3) is 0.300. The van der Waals surface area contributed by atoms with E-state index in [1.165, 1.54) is 13.0 Å². The Labute approximate surface area is 105 Å². The molecule has 0 bridgehead atoms. The van der Waals surface area contributed by atoms with E-state index in [1.807, 2.05) is 0 Å². The SMILES string of the molecule is CCOC(=O)c1ncc(C#N)c(OC(F)(F)F)c1N. The number of hydrogen-bond donors (Lipinski definition) is 1. The van der Waals surface area contributed by atoms with Crippen molar-refractivity contribution in [3.63, 3.8) is 0 Å². The molecule has 0 spiro atoms. The predicted molar refractivity (Wildman–Crippen MR) is 56.0 cm³/mol. The van der Waals surface area contributed by atoms with Gasteiger partial charge < -0.3 is 15.2 Å². The molecule has 0 saturated heterocycles. The summed E-state index contributed by atoms with van der Waals surface area (Å²) in [6.07, 6.45) is -4.29. The minimum absolute atomic E-state index is 0.00455. The largest absolute Gasteiger partial charge is 0.573 e. The van der Waals surface area contributed by atoms with Crippen LogP contribution in [0.4, 0.5) is 18.9 Å². The van der Waals surface area contributed by atoms with Crippen LogP contribution in [0.2, 0.25) is 0 Å². The monoisotopic (exact) mass is 275 g/mol. The normalized spacial score (nSPS) is 10.7. The summed E-state index contributed by atoms with van der Waals surface area (Å²) >= 11 is 0. The first-order chi connectivity index (χ1) is 8.80. The number of pyridine rings is 1. The van der Waals surface area contributed by atoms with Crippen molar-refractivity contribution in [3.8, 4) is 11.8 Å². The topological polar surface area (TPSA) is 98.2 Å². The Balaban J connectivity index is 3.31. The molecule has 1 aromatic heterocycles. The van der Waals surface area contributed by atoms with Gasteiger partial charge in [0.25, 0.3) is 0 Å². The summed E-state index contributed by atoms with van der Waals surface area (Å²) < 4.78 is 44.8. The Kier molecular flexibility index (Phi) is 4.16. The third-order valence-corrected chi connectivity index (χ3v) is 1.87. The molecule has 102 valence electrons. The van der Waals surface area contributed by atoms with Gasteiger partial charge >= 0.3 is 12.3 Å². The van der Waals surface area contributed by atoms with Crippen molar-refractivity contribution in [1.82, 2.24) is 4.98 Å². The van der Waals surface area contributed by atoms with Crippen LogP contribution in [0.5, 0.6) is 5.75 Å². The number of nitrogens with two attached hydrogens (primary N) is 1. The lowest BCUT2D eigenvalue weighted by molar-refractivity contribution is -0.274. The first-order valence-corrected chi connectivity index (χ1v) is 4.91. The molecule has 19 heavy (non-hydrogen) atoms.